The fourth-order valence-electron chi connectivity index (χ4n) is 4.57. The third-order valence-corrected chi connectivity index (χ3v) is 7.41. The molecule has 2 saturated heterocycles. The van der Waals surface area contributed by atoms with Gasteiger partial charge in [0.2, 0.25) is 0 Å². The summed E-state index contributed by atoms with van der Waals surface area (Å²) in [6, 6.07) is 22.9. The van der Waals surface area contributed by atoms with Crippen LogP contribution in [0.4, 0.5) is 0 Å². The van der Waals surface area contributed by atoms with Crippen molar-refractivity contribution in [3.63, 3.8) is 0 Å². The number of rotatable bonds is 4. The minimum Gasteiger partial charge on any atom is -0.336 e. The van der Waals surface area contributed by atoms with Crippen LogP contribution in [0, 0.1) is 0 Å². The van der Waals surface area contributed by atoms with Gasteiger partial charge < -0.3 is 9.80 Å². The van der Waals surface area contributed by atoms with E-state index >= 15 is 0 Å². The molecule has 0 atom stereocenters. The Morgan fingerprint density at radius 2 is 1.24 bits per heavy atom. The van der Waals surface area contributed by atoms with Gasteiger partial charge in [-0.05, 0) is 47.5 Å². The molecule has 0 saturated carbocycles. The summed E-state index contributed by atoms with van der Waals surface area (Å²) in [4.78, 5) is 31.8. The number of amides is 2. The first-order chi connectivity index (χ1) is 16.5. The van der Waals surface area contributed by atoms with E-state index in [1.54, 1.807) is 6.07 Å². The van der Waals surface area contributed by atoms with Crippen LogP contribution in [0.1, 0.15) is 20.7 Å². The molecule has 2 heterocycles. The van der Waals surface area contributed by atoms with Gasteiger partial charge >= 0.3 is 0 Å². The fourth-order valence-corrected chi connectivity index (χ4v) is 4.87. The van der Waals surface area contributed by atoms with Gasteiger partial charge in [-0.2, -0.15) is 0 Å². The number of nitrogens with zero attached hydrogens (tertiary/aromatic N) is 3. The van der Waals surface area contributed by atoms with Crippen molar-refractivity contribution in [3.8, 4) is 11.1 Å². The van der Waals surface area contributed by atoms with E-state index in [9.17, 15) is 9.59 Å². The molecule has 5 nitrogen and oxygen atoms in total. The van der Waals surface area contributed by atoms with Gasteiger partial charge in [0.25, 0.3) is 11.8 Å². The number of likely N-dealkylation sites (tertiary alicyclic amines) is 1. The maximum Gasteiger partial charge on any atom is 0.253 e. The first-order valence-corrected chi connectivity index (χ1v) is 12.2. The lowest BCUT2D eigenvalue weighted by molar-refractivity contribution is 0.00854. The standard InChI is InChI=1S/C27H25Cl2N3O2/c28-24-11-10-22(16-25(24)29)19-6-8-21(9-7-19)27(34)32-17-23(18-32)30-12-14-31(15-13-30)26(33)20-4-2-1-3-5-20/h1-11,16,23H,12-15,17-18H2. The van der Waals surface area contributed by atoms with E-state index in [-0.39, 0.29) is 11.8 Å². The molecule has 5 rings (SSSR count). The summed E-state index contributed by atoms with van der Waals surface area (Å²) in [5, 5.41) is 1.03. The van der Waals surface area contributed by atoms with E-state index in [1.165, 1.54) is 0 Å². The summed E-state index contributed by atoms with van der Waals surface area (Å²) in [5.74, 6) is 0.143. The highest BCUT2D eigenvalue weighted by Gasteiger charge is 2.37. The number of piperazine rings is 1. The minimum atomic E-state index is 0.0508. The molecule has 0 N–H and O–H groups in total. The van der Waals surface area contributed by atoms with Crippen LogP contribution in [0.2, 0.25) is 10.0 Å². The largest absolute Gasteiger partial charge is 0.336 e. The molecule has 0 aliphatic carbocycles. The van der Waals surface area contributed by atoms with Crippen molar-refractivity contribution >= 4 is 35.0 Å². The summed E-state index contributed by atoms with van der Waals surface area (Å²) in [6.07, 6.45) is 0. The molecule has 2 amide bonds. The van der Waals surface area contributed by atoms with Crippen LogP contribution in [-0.4, -0.2) is 71.8 Å². The van der Waals surface area contributed by atoms with Crippen molar-refractivity contribution in [1.82, 2.24) is 14.7 Å². The van der Waals surface area contributed by atoms with Gasteiger partial charge in [0, 0.05) is 56.4 Å². The Balaban J connectivity index is 1.12. The molecule has 2 aliphatic heterocycles. The van der Waals surface area contributed by atoms with Crippen LogP contribution in [-0.2, 0) is 0 Å². The van der Waals surface area contributed by atoms with Crippen molar-refractivity contribution in [2.45, 2.75) is 6.04 Å². The number of hydrogen-bond donors (Lipinski definition) is 0. The third-order valence-electron chi connectivity index (χ3n) is 6.67. The topological polar surface area (TPSA) is 43.9 Å². The number of benzene rings is 3. The molecular formula is C27H25Cl2N3O2. The molecule has 7 heteroatoms. The average Bonchev–Trinajstić information content (AvgIpc) is 2.85. The van der Waals surface area contributed by atoms with Crippen molar-refractivity contribution in [2.24, 2.45) is 0 Å². The zero-order valence-electron chi connectivity index (χ0n) is 18.7. The molecule has 3 aromatic carbocycles. The molecule has 0 unspecified atom stereocenters. The molecule has 0 aromatic heterocycles. The van der Waals surface area contributed by atoms with Crippen LogP contribution < -0.4 is 0 Å². The van der Waals surface area contributed by atoms with E-state index in [0.717, 1.165) is 42.9 Å². The summed E-state index contributed by atoms with van der Waals surface area (Å²) in [5.41, 5.74) is 3.36. The van der Waals surface area contributed by atoms with E-state index in [0.29, 0.717) is 34.7 Å². The second kappa shape index (κ2) is 9.79. The van der Waals surface area contributed by atoms with E-state index in [2.05, 4.69) is 4.90 Å². The Bertz CT molecular complexity index is 1190. The van der Waals surface area contributed by atoms with Crippen LogP contribution in [0.5, 0.6) is 0 Å². The minimum absolute atomic E-state index is 0.0508. The Kier molecular flexibility index (Phi) is 6.59. The zero-order chi connectivity index (χ0) is 23.7. The van der Waals surface area contributed by atoms with Gasteiger partial charge in [-0.3, -0.25) is 14.5 Å². The fraction of sp³-hybridized carbons (Fsp3) is 0.259. The third kappa shape index (κ3) is 4.69. The number of carbonyl (C=O) groups excluding carboxylic acids is 2. The van der Waals surface area contributed by atoms with Gasteiger partial charge in [-0.1, -0.05) is 59.6 Å². The highest BCUT2D eigenvalue weighted by molar-refractivity contribution is 6.42. The maximum absolute atomic E-state index is 12.9. The molecule has 0 bridgehead atoms. The van der Waals surface area contributed by atoms with Crippen molar-refractivity contribution in [1.29, 1.82) is 0 Å². The van der Waals surface area contributed by atoms with Crippen molar-refractivity contribution in [3.05, 3.63) is 94.0 Å². The van der Waals surface area contributed by atoms with Crippen molar-refractivity contribution < 1.29 is 9.59 Å². The second-order valence-electron chi connectivity index (χ2n) is 8.76. The Hall–Kier alpha value is -2.86. The van der Waals surface area contributed by atoms with Gasteiger partial charge in [0.05, 0.1) is 10.0 Å². The summed E-state index contributed by atoms with van der Waals surface area (Å²) in [7, 11) is 0. The van der Waals surface area contributed by atoms with Gasteiger partial charge in [0.1, 0.15) is 0 Å². The quantitative estimate of drug-likeness (QED) is 0.516. The predicted octanol–water partition coefficient (Wildman–Crippen LogP) is 4.94. The number of hydrogen-bond acceptors (Lipinski definition) is 3. The van der Waals surface area contributed by atoms with Gasteiger partial charge in [0.15, 0.2) is 0 Å². The average molecular weight is 494 g/mol. The van der Waals surface area contributed by atoms with Gasteiger partial charge in [-0.15, -0.1) is 0 Å². The lowest BCUT2D eigenvalue weighted by Gasteiger charge is -2.48. The lowest BCUT2D eigenvalue weighted by Crippen LogP contribution is -2.64. The lowest BCUT2D eigenvalue weighted by atomic mass is 10.0. The molecule has 174 valence electrons. The zero-order valence-corrected chi connectivity index (χ0v) is 20.2. The normalized spacial score (nSPS) is 16.9. The highest BCUT2D eigenvalue weighted by atomic mass is 35.5. The van der Waals surface area contributed by atoms with E-state index in [4.69, 9.17) is 23.2 Å². The molecule has 2 aliphatic rings. The van der Waals surface area contributed by atoms with E-state index in [1.807, 2.05) is 76.5 Å². The summed E-state index contributed by atoms with van der Waals surface area (Å²) >= 11 is 12.1. The van der Waals surface area contributed by atoms with Crippen LogP contribution in [0.15, 0.2) is 72.8 Å². The smallest absolute Gasteiger partial charge is 0.253 e. The monoisotopic (exact) mass is 493 g/mol. The molecule has 0 spiro atoms. The SMILES string of the molecule is O=C(c1ccccc1)N1CCN(C2CN(C(=O)c3ccc(-c4ccc(Cl)c(Cl)c4)cc3)C2)CC1. The maximum atomic E-state index is 12.9. The predicted molar refractivity (Wildman–Crippen MR) is 136 cm³/mol. The van der Waals surface area contributed by atoms with Crippen LogP contribution >= 0.6 is 23.2 Å². The molecule has 3 aromatic rings. The first kappa shape index (κ1) is 22.9. The van der Waals surface area contributed by atoms with Gasteiger partial charge in [-0.25, -0.2) is 0 Å². The van der Waals surface area contributed by atoms with Crippen molar-refractivity contribution in [2.75, 3.05) is 39.3 Å². The Morgan fingerprint density at radius 3 is 1.88 bits per heavy atom. The number of halogens is 2. The van der Waals surface area contributed by atoms with Crippen LogP contribution in [0.25, 0.3) is 11.1 Å². The highest BCUT2D eigenvalue weighted by Crippen LogP contribution is 2.29. The Morgan fingerprint density at radius 1 is 0.647 bits per heavy atom. The molecular weight excluding hydrogens is 469 g/mol. The molecule has 2 fully saturated rings. The Labute approximate surface area is 209 Å². The van der Waals surface area contributed by atoms with Crippen LogP contribution in [0.3, 0.4) is 0 Å². The molecule has 0 radical (unpaired) electrons. The second-order valence-corrected chi connectivity index (χ2v) is 9.58. The molecule has 34 heavy (non-hydrogen) atoms. The number of carbonyl (C=O) groups is 2. The first-order valence-electron chi connectivity index (χ1n) is 11.4. The van der Waals surface area contributed by atoms with E-state index < -0.39 is 0 Å². The summed E-state index contributed by atoms with van der Waals surface area (Å²) < 4.78 is 0. The summed E-state index contributed by atoms with van der Waals surface area (Å²) in [6.45, 7) is 4.55.